The van der Waals surface area contributed by atoms with Crippen LogP contribution in [0.2, 0.25) is 0 Å². The Labute approximate surface area is 157 Å². The van der Waals surface area contributed by atoms with Gasteiger partial charge in [-0.15, -0.1) is 22.9 Å². The molecule has 0 saturated heterocycles. The molecule has 0 aliphatic rings. The number of nitrogens with one attached hydrogen (secondary N) is 1. The van der Waals surface area contributed by atoms with Crippen LogP contribution in [-0.4, -0.2) is 48.3 Å². The second-order valence-corrected chi connectivity index (χ2v) is 6.70. The average molecular weight is 389 g/mol. The van der Waals surface area contributed by atoms with E-state index in [1.54, 1.807) is 18.7 Å². The third kappa shape index (κ3) is 5.44. The van der Waals surface area contributed by atoms with Crippen molar-refractivity contribution in [1.82, 2.24) is 4.90 Å². The van der Waals surface area contributed by atoms with Gasteiger partial charge in [-0.2, -0.15) is 0 Å². The van der Waals surface area contributed by atoms with Gasteiger partial charge in [0.1, 0.15) is 5.00 Å². The first-order valence-electron chi connectivity index (χ1n) is 8.36. The summed E-state index contributed by atoms with van der Waals surface area (Å²) in [7, 11) is 0. The molecule has 2 amide bonds. The number of carbonyl (C=O) groups excluding carboxylic acids is 3. The van der Waals surface area contributed by atoms with Crippen LogP contribution in [0.1, 0.15) is 59.2 Å². The number of esters is 1. The van der Waals surface area contributed by atoms with Crippen molar-refractivity contribution in [3.8, 4) is 0 Å². The van der Waals surface area contributed by atoms with Crippen LogP contribution in [0.15, 0.2) is 0 Å². The summed E-state index contributed by atoms with van der Waals surface area (Å²) in [4.78, 5) is 39.1. The van der Waals surface area contributed by atoms with Gasteiger partial charge in [-0.1, -0.05) is 0 Å². The van der Waals surface area contributed by atoms with E-state index < -0.39 is 5.97 Å². The number of alkyl halides is 1. The number of nitrogens with zero attached hydrogens (tertiary/aromatic N) is 1. The molecule has 0 aliphatic heterocycles. The molecule has 8 heteroatoms. The maximum atomic E-state index is 12.7. The Bertz CT molecular complexity index is 626. The lowest BCUT2D eigenvalue weighted by Crippen LogP contribution is -2.30. The number of hydrogen-bond acceptors (Lipinski definition) is 5. The number of amides is 2. The lowest BCUT2D eigenvalue weighted by molar-refractivity contribution is -0.116. The number of carbonyl (C=O) groups is 3. The minimum atomic E-state index is -0.539. The third-order valence-electron chi connectivity index (χ3n) is 3.66. The van der Waals surface area contributed by atoms with Crippen molar-refractivity contribution in [1.29, 1.82) is 0 Å². The van der Waals surface area contributed by atoms with E-state index in [4.69, 9.17) is 16.3 Å². The first kappa shape index (κ1) is 21.4. The van der Waals surface area contributed by atoms with E-state index in [1.807, 2.05) is 13.8 Å². The zero-order valence-electron chi connectivity index (χ0n) is 15.1. The first-order chi connectivity index (χ1) is 11.9. The molecule has 0 bridgehead atoms. The van der Waals surface area contributed by atoms with Crippen molar-refractivity contribution in [2.45, 2.75) is 40.5 Å². The zero-order chi connectivity index (χ0) is 19.0. The van der Waals surface area contributed by atoms with E-state index in [-0.39, 0.29) is 30.4 Å². The fourth-order valence-corrected chi connectivity index (χ4v) is 3.64. The fourth-order valence-electron chi connectivity index (χ4n) is 2.33. The molecule has 0 fully saturated rings. The number of anilines is 1. The van der Waals surface area contributed by atoms with Crippen molar-refractivity contribution >= 4 is 45.7 Å². The highest BCUT2D eigenvalue weighted by Crippen LogP contribution is 2.34. The first-order valence-corrected chi connectivity index (χ1v) is 9.71. The minimum absolute atomic E-state index is 0.153. The maximum absolute atomic E-state index is 12.7. The summed E-state index contributed by atoms with van der Waals surface area (Å²) in [5.41, 5.74) is 0.787. The molecule has 0 unspecified atom stereocenters. The number of halogens is 1. The molecule has 0 aliphatic carbocycles. The van der Waals surface area contributed by atoms with E-state index >= 15 is 0 Å². The predicted octanol–water partition coefficient (Wildman–Crippen LogP) is 3.67. The molecule has 140 valence electrons. The van der Waals surface area contributed by atoms with Crippen molar-refractivity contribution in [2.75, 3.05) is 30.9 Å². The van der Waals surface area contributed by atoms with E-state index in [2.05, 4.69) is 5.32 Å². The van der Waals surface area contributed by atoms with Crippen LogP contribution in [0.5, 0.6) is 0 Å². The fraction of sp³-hybridized carbons (Fsp3) is 0.588. The number of rotatable bonds is 9. The maximum Gasteiger partial charge on any atom is 0.341 e. The summed E-state index contributed by atoms with van der Waals surface area (Å²) < 4.78 is 5.09. The van der Waals surface area contributed by atoms with Crippen molar-refractivity contribution in [3.63, 3.8) is 0 Å². The molecule has 1 aromatic rings. The van der Waals surface area contributed by atoms with Gasteiger partial charge in [0.2, 0.25) is 5.91 Å². The molecular formula is C17H25ClN2O4S. The second kappa shape index (κ2) is 10.4. The summed E-state index contributed by atoms with van der Waals surface area (Å²) in [6.45, 7) is 8.55. The van der Waals surface area contributed by atoms with Crippen LogP contribution in [-0.2, 0) is 9.53 Å². The molecule has 0 radical (unpaired) electrons. The molecule has 6 nitrogen and oxygen atoms in total. The van der Waals surface area contributed by atoms with E-state index in [0.717, 1.165) is 11.3 Å². The highest BCUT2D eigenvalue weighted by molar-refractivity contribution is 7.18. The lowest BCUT2D eigenvalue weighted by Gasteiger charge is -2.18. The Hall–Kier alpha value is -1.60. The monoisotopic (exact) mass is 388 g/mol. The quantitative estimate of drug-likeness (QED) is 0.517. The Kier molecular flexibility index (Phi) is 8.92. The normalized spacial score (nSPS) is 10.4. The molecule has 1 rings (SSSR count). The Morgan fingerprint density at radius 1 is 1.20 bits per heavy atom. The summed E-state index contributed by atoms with van der Waals surface area (Å²) in [5.74, 6) is -0.552. The second-order valence-electron chi connectivity index (χ2n) is 5.30. The van der Waals surface area contributed by atoms with E-state index in [0.29, 0.717) is 40.8 Å². The van der Waals surface area contributed by atoms with Crippen LogP contribution in [0.25, 0.3) is 0 Å². The van der Waals surface area contributed by atoms with Gasteiger partial charge in [-0.05, 0) is 39.7 Å². The van der Waals surface area contributed by atoms with Crippen molar-refractivity contribution in [3.05, 3.63) is 16.0 Å². The van der Waals surface area contributed by atoms with Crippen molar-refractivity contribution < 1.29 is 19.1 Å². The molecule has 1 aromatic heterocycles. The molecule has 1 N–H and O–H groups in total. The molecule has 25 heavy (non-hydrogen) atoms. The van der Waals surface area contributed by atoms with Crippen LogP contribution < -0.4 is 5.32 Å². The Balaban J connectivity index is 3.24. The summed E-state index contributed by atoms with van der Waals surface area (Å²) >= 11 is 6.72. The molecule has 0 aromatic carbocycles. The van der Waals surface area contributed by atoms with E-state index in [1.165, 1.54) is 0 Å². The molecule has 1 heterocycles. The van der Waals surface area contributed by atoms with Gasteiger partial charge in [0.15, 0.2) is 0 Å². The van der Waals surface area contributed by atoms with Crippen LogP contribution >= 0.6 is 22.9 Å². The van der Waals surface area contributed by atoms with Crippen LogP contribution in [0.3, 0.4) is 0 Å². The topological polar surface area (TPSA) is 75.7 Å². The van der Waals surface area contributed by atoms with Gasteiger partial charge in [-0.25, -0.2) is 4.79 Å². The van der Waals surface area contributed by atoms with Gasteiger partial charge in [0, 0.05) is 25.4 Å². The third-order valence-corrected chi connectivity index (χ3v) is 5.12. The number of hydrogen-bond donors (Lipinski definition) is 1. The van der Waals surface area contributed by atoms with Gasteiger partial charge >= 0.3 is 5.97 Å². The highest BCUT2D eigenvalue weighted by Gasteiger charge is 2.28. The molecule has 0 saturated carbocycles. The Morgan fingerprint density at radius 2 is 1.84 bits per heavy atom. The van der Waals surface area contributed by atoms with Gasteiger partial charge in [-0.3, -0.25) is 9.59 Å². The van der Waals surface area contributed by atoms with Gasteiger partial charge in [0.25, 0.3) is 5.91 Å². The van der Waals surface area contributed by atoms with Crippen molar-refractivity contribution in [2.24, 2.45) is 0 Å². The van der Waals surface area contributed by atoms with E-state index in [9.17, 15) is 14.4 Å². The highest BCUT2D eigenvalue weighted by atomic mass is 35.5. The van der Waals surface area contributed by atoms with Gasteiger partial charge < -0.3 is 15.0 Å². The SMILES string of the molecule is CCOC(=O)c1c(NC(=O)CCCCl)sc(C(=O)N(CC)CC)c1C. The summed E-state index contributed by atoms with van der Waals surface area (Å²) in [6, 6.07) is 0. The lowest BCUT2D eigenvalue weighted by atomic mass is 10.1. The predicted molar refractivity (Wildman–Crippen MR) is 101 cm³/mol. The van der Waals surface area contributed by atoms with Gasteiger partial charge in [0.05, 0.1) is 17.0 Å². The smallest absolute Gasteiger partial charge is 0.341 e. The average Bonchev–Trinajstić information content (AvgIpc) is 2.90. The summed E-state index contributed by atoms with van der Waals surface area (Å²) in [6.07, 6.45) is 0.791. The zero-order valence-corrected chi connectivity index (χ0v) is 16.7. The Morgan fingerprint density at radius 3 is 2.36 bits per heavy atom. The number of ether oxygens (including phenoxy) is 1. The number of thiophene rings is 1. The molecule has 0 atom stereocenters. The standard InChI is InChI=1S/C17H25ClN2O4S/c1-5-20(6-2)16(22)14-11(4)13(17(23)24-7-3)15(25-14)19-12(21)9-8-10-18/h5-10H2,1-4H3,(H,19,21). The van der Waals surface area contributed by atoms with Crippen LogP contribution in [0, 0.1) is 6.92 Å². The minimum Gasteiger partial charge on any atom is -0.462 e. The largest absolute Gasteiger partial charge is 0.462 e. The molecular weight excluding hydrogens is 364 g/mol. The molecule has 0 spiro atoms. The van der Waals surface area contributed by atoms with Crippen LogP contribution in [0.4, 0.5) is 5.00 Å². The summed E-state index contributed by atoms with van der Waals surface area (Å²) in [5, 5.41) is 3.08.